The van der Waals surface area contributed by atoms with Crippen LogP contribution in [0.15, 0.2) is 79.1 Å². The molecule has 0 unspecified atom stereocenters. The maximum Gasteiger partial charge on any atom is 0.311 e. The Hall–Kier alpha value is -4.07. The van der Waals surface area contributed by atoms with E-state index < -0.39 is 4.92 Å². The Kier molecular flexibility index (Phi) is 4.98. The van der Waals surface area contributed by atoms with Gasteiger partial charge in [0.1, 0.15) is 5.82 Å². The standard InChI is InChI=1S/C21H16FN5O2/c22-17-10-8-15(9-11-17)20-16(14-26(25-20)18-5-2-1-3-6-18)13-24-21-19(27(28)29)7-4-12-23-21/h1-12,14H,13H2,(H,23,24). The molecule has 8 heteroatoms. The molecule has 4 rings (SSSR count). The maximum absolute atomic E-state index is 13.4. The van der Waals surface area contributed by atoms with Gasteiger partial charge in [-0.3, -0.25) is 10.1 Å². The fourth-order valence-corrected chi connectivity index (χ4v) is 2.96. The van der Waals surface area contributed by atoms with E-state index in [1.54, 1.807) is 16.8 Å². The molecular weight excluding hydrogens is 373 g/mol. The van der Waals surface area contributed by atoms with Crippen molar-refractivity contribution >= 4 is 11.5 Å². The molecule has 7 nitrogen and oxygen atoms in total. The van der Waals surface area contributed by atoms with Crippen LogP contribution in [0.25, 0.3) is 16.9 Å². The summed E-state index contributed by atoms with van der Waals surface area (Å²) < 4.78 is 15.1. The fourth-order valence-electron chi connectivity index (χ4n) is 2.96. The van der Waals surface area contributed by atoms with Crippen LogP contribution in [0.4, 0.5) is 15.9 Å². The van der Waals surface area contributed by atoms with Crippen LogP contribution in [0, 0.1) is 15.9 Å². The van der Waals surface area contributed by atoms with Gasteiger partial charge >= 0.3 is 5.69 Å². The van der Waals surface area contributed by atoms with E-state index in [9.17, 15) is 14.5 Å². The Balaban J connectivity index is 1.71. The molecule has 2 heterocycles. The summed E-state index contributed by atoms with van der Waals surface area (Å²) in [5, 5.41) is 18.9. The van der Waals surface area contributed by atoms with Crippen LogP contribution < -0.4 is 5.32 Å². The van der Waals surface area contributed by atoms with E-state index in [4.69, 9.17) is 0 Å². The van der Waals surface area contributed by atoms with Crippen molar-refractivity contribution in [3.63, 3.8) is 0 Å². The number of halogens is 1. The second-order valence-corrected chi connectivity index (χ2v) is 6.27. The zero-order valence-corrected chi connectivity index (χ0v) is 15.2. The summed E-state index contributed by atoms with van der Waals surface area (Å²) in [7, 11) is 0. The lowest BCUT2D eigenvalue weighted by Gasteiger charge is -2.06. The number of aromatic nitrogens is 3. The largest absolute Gasteiger partial charge is 0.360 e. The summed E-state index contributed by atoms with van der Waals surface area (Å²) in [6.45, 7) is 0.261. The minimum absolute atomic E-state index is 0.105. The Labute approximate surface area is 165 Å². The minimum atomic E-state index is -0.483. The molecule has 0 spiro atoms. The second kappa shape index (κ2) is 7.89. The Morgan fingerprint density at radius 2 is 1.79 bits per heavy atom. The van der Waals surface area contributed by atoms with Crippen LogP contribution >= 0.6 is 0 Å². The molecule has 2 aromatic heterocycles. The molecule has 0 aliphatic carbocycles. The van der Waals surface area contributed by atoms with Gasteiger partial charge in [-0.25, -0.2) is 14.1 Å². The van der Waals surface area contributed by atoms with Crippen LogP contribution in [-0.4, -0.2) is 19.7 Å². The second-order valence-electron chi connectivity index (χ2n) is 6.27. The third-order valence-electron chi connectivity index (χ3n) is 4.36. The van der Waals surface area contributed by atoms with Gasteiger partial charge in [-0.15, -0.1) is 0 Å². The molecule has 0 aliphatic rings. The normalized spacial score (nSPS) is 10.7. The van der Waals surface area contributed by atoms with Gasteiger partial charge in [-0.2, -0.15) is 5.10 Å². The highest BCUT2D eigenvalue weighted by Gasteiger charge is 2.17. The van der Waals surface area contributed by atoms with Gasteiger partial charge in [0.05, 0.1) is 16.3 Å². The first-order valence-electron chi connectivity index (χ1n) is 8.85. The number of benzene rings is 2. The van der Waals surface area contributed by atoms with E-state index in [1.165, 1.54) is 30.5 Å². The number of nitro groups is 1. The van der Waals surface area contributed by atoms with Gasteiger partial charge < -0.3 is 5.32 Å². The zero-order chi connectivity index (χ0) is 20.2. The van der Waals surface area contributed by atoms with Gasteiger partial charge in [-0.05, 0) is 42.5 Å². The number of hydrogen-bond donors (Lipinski definition) is 1. The topological polar surface area (TPSA) is 85.9 Å². The van der Waals surface area contributed by atoms with Gasteiger partial charge in [0.2, 0.25) is 5.82 Å². The highest BCUT2D eigenvalue weighted by molar-refractivity contribution is 5.64. The van der Waals surface area contributed by atoms with Crippen molar-refractivity contribution in [1.29, 1.82) is 0 Å². The molecule has 0 fully saturated rings. The SMILES string of the molecule is O=[N+]([O-])c1cccnc1NCc1cn(-c2ccccc2)nc1-c1ccc(F)cc1. The van der Waals surface area contributed by atoms with Gasteiger partial charge in [-0.1, -0.05) is 18.2 Å². The van der Waals surface area contributed by atoms with E-state index in [1.807, 2.05) is 36.5 Å². The molecule has 0 bridgehead atoms. The van der Waals surface area contributed by atoms with Gasteiger partial charge in [0.15, 0.2) is 0 Å². The van der Waals surface area contributed by atoms with Crippen molar-refractivity contribution in [1.82, 2.24) is 14.8 Å². The third-order valence-corrected chi connectivity index (χ3v) is 4.36. The molecule has 144 valence electrons. The predicted octanol–water partition coefficient (Wildman–Crippen LogP) is 4.59. The van der Waals surface area contributed by atoms with E-state index in [2.05, 4.69) is 15.4 Å². The van der Waals surface area contributed by atoms with E-state index in [0.717, 1.165) is 16.8 Å². The number of pyridine rings is 1. The highest BCUT2D eigenvalue weighted by Crippen LogP contribution is 2.26. The van der Waals surface area contributed by atoms with Crippen LogP contribution in [0.5, 0.6) is 0 Å². The monoisotopic (exact) mass is 389 g/mol. The molecule has 2 aromatic carbocycles. The van der Waals surface area contributed by atoms with E-state index in [0.29, 0.717) is 5.69 Å². The van der Waals surface area contributed by atoms with Crippen molar-refractivity contribution < 1.29 is 9.31 Å². The van der Waals surface area contributed by atoms with Gasteiger partial charge in [0, 0.05) is 36.1 Å². The van der Waals surface area contributed by atoms with Crippen LogP contribution in [0.1, 0.15) is 5.56 Å². The number of rotatable bonds is 6. The molecule has 1 N–H and O–H groups in total. The number of anilines is 1. The van der Waals surface area contributed by atoms with Crippen molar-refractivity contribution in [2.24, 2.45) is 0 Å². The number of nitrogens with zero attached hydrogens (tertiary/aromatic N) is 4. The number of para-hydroxylation sites is 1. The maximum atomic E-state index is 13.4. The molecular formula is C21H16FN5O2. The average molecular weight is 389 g/mol. The fraction of sp³-hybridized carbons (Fsp3) is 0.0476. The van der Waals surface area contributed by atoms with Gasteiger partial charge in [0.25, 0.3) is 0 Å². The Bertz CT molecular complexity index is 1140. The first-order valence-corrected chi connectivity index (χ1v) is 8.85. The van der Waals surface area contributed by atoms with Crippen molar-refractivity contribution in [3.8, 4) is 16.9 Å². The first kappa shape index (κ1) is 18.3. The van der Waals surface area contributed by atoms with Crippen LogP contribution in [-0.2, 0) is 6.54 Å². The summed E-state index contributed by atoms with van der Waals surface area (Å²) >= 11 is 0. The molecule has 0 atom stereocenters. The number of hydrogen-bond acceptors (Lipinski definition) is 5. The quantitative estimate of drug-likeness (QED) is 0.385. The molecule has 0 aliphatic heterocycles. The van der Waals surface area contributed by atoms with Crippen LogP contribution in [0.2, 0.25) is 0 Å². The molecule has 0 saturated carbocycles. The summed E-state index contributed by atoms with van der Waals surface area (Å²) in [5.41, 5.74) is 2.95. The number of nitrogens with one attached hydrogen (secondary N) is 1. The molecule has 29 heavy (non-hydrogen) atoms. The molecule has 0 saturated heterocycles. The van der Waals surface area contributed by atoms with Crippen molar-refractivity contribution in [2.45, 2.75) is 6.54 Å². The summed E-state index contributed by atoms with van der Waals surface area (Å²) in [6, 6.07) is 18.5. The van der Waals surface area contributed by atoms with E-state index in [-0.39, 0.29) is 23.9 Å². The Morgan fingerprint density at radius 1 is 1.03 bits per heavy atom. The van der Waals surface area contributed by atoms with Crippen LogP contribution in [0.3, 0.4) is 0 Å². The average Bonchev–Trinajstić information content (AvgIpc) is 3.18. The molecule has 0 amide bonds. The van der Waals surface area contributed by atoms with Crippen molar-refractivity contribution in [3.05, 3.63) is 101 Å². The smallest absolute Gasteiger partial charge is 0.311 e. The minimum Gasteiger partial charge on any atom is -0.360 e. The summed E-state index contributed by atoms with van der Waals surface area (Å²) in [5.74, 6) is -0.157. The lowest BCUT2D eigenvalue weighted by Crippen LogP contribution is -2.04. The summed E-state index contributed by atoms with van der Waals surface area (Å²) in [4.78, 5) is 14.8. The van der Waals surface area contributed by atoms with E-state index >= 15 is 0 Å². The highest BCUT2D eigenvalue weighted by atomic mass is 19.1. The summed E-state index contributed by atoms with van der Waals surface area (Å²) in [6.07, 6.45) is 3.33. The molecule has 0 radical (unpaired) electrons. The first-order chi connectivity index (χ1) is 14.1. The van der Waals surface area contributed by atoms with Crippen molar-refractivity contribution in [2.75, 3.05) is 5.32 Å². The lowest BCUT2D eigenvalue weighted by molar-refractivity contribution is -0.384. The predicted molar refractivity (Wildman–Crippen MR) is 107 cm³/mol. The Morgan fingerprint density at radius 3 is 2.52 bits per heavy atom. The molecule has 4 aromatic rings. The third kappa shape index (κ3) is 3.96. The lowest BCUT2D eigenvalue weighted by atomic mass is 10.1. The zero-order valence-electron chi connectivity index (χ0n) is 15.2.